The van der Waals surface area contributed by atoms with E-state index in [1.165, 1.54) is 6.92 Å². The molecule has 3 aliphatic rings. The molecular formula is C53H60O12. The Kier molecular flexibility index (Phi) is 15.9. The first-order chi connectivity index (χ1) is 31.7. The van der Waals surface area contributed by atoms with Crippen molar-refractivity contribution in [2.45, 2.75) is 127 Å². The van der Waals surface area contributed by atoms with Crippen molar-refractivity contribution in [2.24, 2.45) is 0 Å². The molecule has 5 aromatic carbocycles. The average Bonchev–Trinajstić information content (AvgIpc) is 3.81. The molecule has 10 atom stereocenters. The molecule has 0 aromatic heterocycles. The predicted octanol–water partition coefficient (Wildman–Crippen LogP) is 8.48. The maximum atomic E-state index is 13.3. The molecule has 5 aromatic rings. The van der Waals surface area contributed by atoms with Crippen molar-refractivity contribution >= 4 is 5.97 Å². The highest BCUT2D eigenvalue weighted by Gasteiger charge is 2.61. The Morgan fingerprint density at radius 1 is 0.585 bits per heavy atom. The fourth-order valence-corrected chi connectivity index (χ4v) is 8.76. The summed E-state index contributed by atoms with van der Waals surface area (Å²) in [6, 6.07) is 49.3. The summed E-state index contributed by atoms with van der Waals surface area (Å²) in [4.78, 5) is 13.3. The standard InChI is InChI=1S/C53H60O12/c1-37(54)61-46-44(30-43(57-32-39-22-12-6-13-23-39)45-47(58-33-40-24-14-7-15-25-40)49-51(62-45)65-52(2,3)64-49)63-53(55-4,36-56-31-38-20-10-5-11-21-38)50(60-35-42-28-18-9-19-29-42)48(46)59-34-41-26-16-8-17-27-41/h5-29,43-51H,30-36H2,1-4H3/t43-,44+,45+,46+,47-,48-,49+,50-,51+,53-/m0/s1. The van der Waals surface area contributed by atoms with Crippen LogP contribution in [0.5, 0.6) is 0 Å². The first-order valence-corrected chi connectivity index (χ1v) is 22.3. The molecule has 3 saturated heterocycles. The topological polar surface area (TPSA) is 119 Å². The Bertz CT molecular complexity index is 2180. The molecule has 3 fully saturated rings. The lowest BCUT2D eigenvalue weighted by atomic mass is 9.87. The van der Waals surface area contributed by atoms with Crippen molar-refractivity contribution < 1.29 is 56.9 Å². The normalized spacial score (nSPS) is 27.5. The van der Waals surface area contributed by atoms with Crippen molar-refractivity contribution in [1.82, 2.24) is 0 Å². The molecule has 8 rings (SSSR count). The summed E-state index contributed by atoms with van der Waals surface area (Å²) < 4.78 is 73.5. The van der Waals surface area contributed by atoms with E-state index in [4.69, 9.17) is 52.1 Å². The second kappa shape index (κ2) is 22.1. The minimum Gasteiger partial charge on any atom is -0.457 e. The zero-order valence-electron chi connectivity index (χ0n) is 37.5. The van der Waals surface area contributed by atoms with Gasteiger partial charge < -0.3 is 52.1 Å². The quantitative estimate of drug-likeness (QED) is 0.0658. The van der Waals surface area contributed by atoms with E-state index in [0.29, 0.717) is 6.61 Å². The van der Waals surface area contributed by atoms with E-state index in [9.17, 15) is 4.79 Å². The van der Waals surface area contributed by atoms with Gasteiger partial charge in [-0.1, -0.05) is 152 Å². The summed E-state index contributed by atoms with van der Waals surface area (Å²) in [5.41, 5.74) is 4.74. The molecule has 3 aliphatic heterocycles. The van der Waals surface area contributed by atoms with Gasteiger partial charge >= 0.3 is 5.97 Å². The van der Waals surface area contributed by atoms with Gasteiger partial charge in [0.25, 0.3) is 0 Å². The minimum atomic E-state index is -1.58. The van der Waals surface area contributed by atoms with Gasteiger partial charge in [-0.05, 0) is 41.7 Å². The number of fused-ring (bicyclic) bond motifs is 1. The highest BCUT2D eigenvalue weighted by atomic mass is 16.8. The first-order valence-electron chi connectivity index (χ1n) is 22.3. The molecule has 0 N–H and O–H groups in total. The molecule has 0 unspecified atom stereocenters. The fourth-order valence-electron chi connectivity index (χ4n) is 8.76. The number of carbonyl (C=O) groups excluding carboxylic acids is 1. The summed E-state index contributed by atoms with van der Waals surface area (Å²) >= 11 is 0. The maximum absolute atomic E-state index is 13.3. The summed E-state index contributed by atoms with van der Waals surface area (Å²) in [6.45, 7) is 6.18. The molecule has 0 saturated carbocycles. The van der Waals surface area contributed by atoms with Crippen molar-refractivity contribution in [3.05, 3.63) is 179 Å². The lowest BCUT2D eigenvalue weighted by Crippen LogP contribution is -2.69. The smallest absolute Gasteiger partial charge is 0.303 e. The summed E-state index contributed by atoms with van der Waals surface area (Å²) in [6.07, 6.45) is -7.12. The van der Waals surface area contributed by atoms with Crippen LogP contribution < -0.4 is 0 Å². The van der Waals surface area contributed by atoms with Crippen molar-refractivity contribution in [1.29, 1.82) is 0 Å². The Morgan fingerprint density at radius 3 is 1.57 bits per heavy atom. The van der Waals surface area contributed by atoms with Gasteiger partial charge in [0, 0.05) is 20.5 Å². The summed E-state index contributed by atoms with van der Waals surface area (Å²) in [5, 5.41) is 0. The van der Waals surface area contributed by atoms with Crippen molar-refractivity contribution in [3.8, 4) is 0 Å². The van der Waals surface area contributed by atoms with Gasteiger partial charge in [-0.15, -0.1) is 0 Å². The summed E-state index contributed by atoms with van der Waals surface area (Å²) in [7, 11) is 1.57. The zero-order chi connectivity index (χ0) is 45.1. The molecule has 0 bridgehead atoms. The zero-order valence-corrected chi connectivity index (χ0v) is 37.5. The number of hydrogen-bond donors (Lipinski definition) is 0. The van der Waals surface area contributed by atoms with Gasteiger partial charge in [-0.2, -0.15) is 0 Å². The fraction of sp³-hybridized carbons (Fsp3) is 0.415. The largest absolute Gasteiger partial charge is 0.457 e. The van der Waals surface area contributed by atoms with Crippen molar-refractivity contribution in [3.63, 3.8) is 0 Å². The van der Waals surface area contributed by atoms with Crippen LogP contribution in [0.15, 0.2) is 152 Å². The lowest BCUT2D eigenvalue weighted by molar-refractivity contribution is -0.383. The Hall–Kier alpha value is -4.83. The third-order valence-corrected chi connectivity index (χ3v) is 11.8. The van der Waals surface area contributed by atoms with Crippen molar-refractivity contribution in [2.75, 3.05) is 13.7 Å². The molecule has 12 heteroatoms. The van der Waals surface area contributed by atoms with E-state index in [-0.39, 0.29) is 39.5 Å². The van der Waals surface area contributed by atoms with Gasteiger partial charge in [0.2, 0.25) is 5.79 Å². The van der Waals surface area contributed by atoms with Crippen LogP contribution in [0.25, 0.3) is 0 Å². The van der Waals surface area contributed by atoms with Crippen LogP contribution in [0.2, 0.25) is 0 Å². The van der Waals surface area contributed by atoms with E-state index in [1.807, 2.05) is 166 Å². The number of rotatable bonds is 21. The average molecular weight is 889 g/mol. The highest BCUT2D eigenvalue weighted by Crippen LogP contribution is 2.44. The highest BCUT2D eigenvalue weighted by molar-refractivity contribution is 5.66. The number of carbonyl (C=O) groups is 1. The molecule has 0 radical (unpaired) electrons. The van der Waals surface area contributed by atoms with E-state index < -0.39 is 72.7 Å². The van der Waals surface area contributed by atoms with Crippen LogP contribution in [0, 0.1) is 0 Å². The first kappa shape index (κ1) is 46.7. The molecule has 0 spiro atoms. The summed E-state index contributed by atoms with van der Waals surface area (Å²) in [5.74, 6) is -3.01. The number of ether oxygens (including phenoxy) is 11. The third-order valence-electron chi connectivity index (χ3n) is 11.8. The Morgan fingerprint density at radius 2 is 1.06 bits per heavy atom. The predicted molar refractivity (Wildman–Crippen MR) is 240 cm³/mol. The van der Waals surface area contributed by atoms with Crippen LogP contribution in [0.1, 0.15) is 55.0 Å². The molecule has 344 valence electrons. The second-order valence-corrected chi connectivity index (χ2v) is 17.1. The van der Waals surface area contributed by atoms with Crippen LogP contribution >= 0.6 is 0 Å². The van der Waals surface area contributed by atoms with E-state index >= 15 is 0 Å². The van der Waals surface area contributed by atoms with Gasteiger partial charge in [-0.3, -0.25) is 4.79 Å². The van der Waals surface area contributed by atoms with Gasteiger partial charge in [0.1, 0.15) is 43.2 Å². The van der Waals surface area contributed by atoms with Gasteiger partial charge in [0.15, 0.2) is 18.2 Å². The minimum absolute atomic E-state index is 0.0640. The molecular weight excluding hydrogens is 829 g/mol. The number of hydrogen-bond acceptors (Lipinski definition) is 12. The maximum Gasteiger partial charge on any atom is 0.303 e. The SMILES string of the molecule is CO[C@@]1(COCc2ccccc2)O[C@H](C[C@H](OCc2ccccc2)[C@H]2O[C@@H]3OC(C)(C)O[C@@H]3[C@H]2OCc2ccccc2)[C@@H](OC(C)=O)[C@H](OCc2ccccc2)[C@@H]1OCc1ccccc1. The molecule has 3 heterocycles. The van der Waals surface area contributed by atoms with Crippen LogP contribution in [-0.2, 0) is 89.9 Å². The number of methoxy groups -OCH3 is 1. The number of benzene rings is 5. The van der Waals surface area contributed by atoms with E-state index in [2.05, 4.69) is 0 Å². The molecule has 0 amide bonds. The van der Waals surface area contributed by atoms with E-state index in [0.717, 1.165) is 27.8 Å². The Balaban J connectivity index is 1.18. The monoisotopic (exact) mass is 888 g/mol. The van der Waals surface area contributed by atoms with E-state index in [1.54, 1.807) is 7.11 Å². The number of esters is 1. The molecule has 65 heavy (non-hydrogen) atoms. The van der Waals surface area contributed by atoms with Gasteiger partial charge in [-0.25, -0.2) is 0 Å². The third kappa shape index (κ3) is 12.1. The van der Waals surface area contributed by atoms with Crippen LogP contribution in [0.4, 0.5) is 0 Å². The van der Waals surface area contributed by atoms with Crippen LogP contribution in [0.3, 0.4) is 0 Å². The Labute approximate surface area is 381 Å². The lowest BCUT2D eigenvalue weighted by Gasteiger charge is -2.52. The second-order valence-electron chi connectivity index (χ2n) is 17.1. The van der Waals surface area contributed by atoms with Gasteiger partial charge in [0.05, 0.1) is 39.1 Å². The molecule has 12 nitrogen and oxygen atoms in total. The molecule has 0 aliphatic carbocycles. The van der Waals surface area contributed by atoms with Crippen LogP contribution in [-0.4, -0.2) is 86.4 Å².